The van der Waals surface area contributed by atoms with Gasteiger partial charge in [-0.05, 0) is 52.4 Å². The van der Waals surface area contributed by atoms with E-state index in [0.29, 0.717) is 0 Å². The molecule has 0 heterocycles. The van der Waals surface area contributed by atoms with Crippen LogP contribution in [-0.2, 0) is 14.2 Å². The molecule has 0 spiro atoms. The highest BCUT2D eigenvalue weighted by Gasteiger charge is 2.16. The van der Waals surface area contributed by atoms with E-state index >= 15 is 0 Å². The third-order valence-electron chi connectivity index (χ3n) is 2.91. The molecule has 0 saturated carbocycles. The Hall–Kier alpha value is 0.460. The summed E-state index contributed by atoms with van der Waals surface area (Å²) in [5.41, 5.74) is 0. The molecule has 0 radical (unpaired) electrons. The van der Waals surface area contributed by atoms with Crippen LogP contribution in [-0.4, -0.2) is 37.6 Å². The zero-order valence-electron chi connectivity index (χ0n) is 12.5. The van der Waals surface area contributed by atoms with E-state index in [0.717, 1.165) is 38.5 Å². The van der Waals surface area contributed by atoms with Crippen LogP contribution in [0.5, 0.6) is 0 Å². The standard InChI is InChI=1S/C14H28Cl2O3/c1-11(15)7-5-9-13(17-3)19-14(18-4)10-6-8-12(2)16/h11-14H,5-10H2,1-4H3. The maximum Gasteiger partial charge on any atom is 0.160 e. The summed E-state index contributed by atoms with van der Waals surface area (Å²) >= 11 is 11.8. The predicted molar refractivity (Wildman–Crippen MR) is 81.0 cm³/mol. The topological polar surface area (TPSA) is 27.7 Å². The Bertz CT molecular complexity index is 181. The molecule has 4 unspecified atom stereocenters. The molecule has 4 atom stereocenters. The number of hydrogen-bond acceptors (Lipinski definition) is 3. The van der Waals surface area contributed by atoms with E-state index in [1.165, 1.54) is 0 Å². The van der Waals surface area contributed by atoms with Crippen molar-refractivity contribution in [3.63, 3.8) is 0 Å². The molecule has 0 rings (SSSR count). The minimum absolute atomic E-state index is 0.195. The minimum atomic E-state index is -0.228. The van der Waals surface area contributed by atoms with Crippen molar-refractivity contribution in [2.75, 3.05) is 14.2 Å². The summed E-state index contributed by atoms with van der Waals surface area (Å²) in [6.07, 6.45) is 5.11. The minimum Gasteiger partial charge on any atom is -0.356 e. The van der Waals surface area contributed by atoms with Gasteiger partial charge in [0, 0.05) is 25.0 Å². The van der Waals surface area contributed by atoms with Crippen molar-refractivity contribution in [2.45, 2.75) is 75.7 Å². The summed E-state index contributed by atoms with van der Waals surface area (Å²) in [5, 5.41) is 0.391. The van der Waals surface area contributed by atoms with Crippen molar-refractivity contribution in [1.82, 2.24) is 0 Å². The fraction of sp³-hybridized carbons (Fsp3) is 1.00. The molecule has 19 heavy (non-hydrogen) atoms. The van der Waals surface area contributed by atoms with Gasteiger partial charge in [0.25, 0.3) is 0 Å². The van der Waals surface area contributed by atoms with Crippen LogP contribution >= 0.6 is 23.2 Å². The lowest BCUT2D eigenvalue weighted by Crippen LogP contribution is -2.25. The molecule has 116 valence electrons. The van der Waals surface area contributed by atoms with Gasteiger partial charge in [0.05, 0.1) is 0 Å². The number of halogens is 2. The second-order valence-corrected chi connectivity index (χ2v) is 6.38. The number of hydrogen-bond donors (Lipinski definition) is 0. The van der Waals surface area contributed by atoms with E-state index in [2.05, 4.69) is 0 Å². The number of rotatable bonds is 12. The van der Waals surface area contributed by atoms with E-state index in [1.807, 2.05) is 13.8 Å². The van der Waals surface area contributed by atoms with Crippen LogP contribution in [0.15, 0.2) is 0 Å². The van der Waals surface area contributed by atoms with Crippen molar-refractivity contribution in [3.8, 4) is 0 Å². The molecule has 3 nitrogen and oxygen atoms in total. The van der Waals surface area contributed by atoms with Gasteiger partial charge in [0.1, 0.15) is 0 Å². The predicted octanol–water partition coefficient (Wildman–Crippen LogP) is 4.54. The highest BCUT2D eigenvalue weighted by atomic mass is 35.5. The lowest BCUT2D eigenvalue weighted by Gasteiger charge is -2.23. The molecule has 0 amide bonds. The van der Waals surface area contributed by atoms with Crippen LogP contribution < -0.4 is 0 Å². The average molecular weight is 315 g/mol. The normalized spacial score (nSPS) is 18.0. The Labute approximate surface area is 127 Å². The molecule has 0 aliphatic carbocycles. The summed E-state index contributed by atoms with van der Waals surface area (Å²) in [6.45, 7) is 3.99. The monoisotopic (exact) mass is 314 g/mol. The maximum absolute atomic E-state index is 5.92. The lowest BCUT2D eigenvalue weighted by molar-refractivity contribution is -0.233. The first-order valence-electron chi connectivity index (χ1n) is 6.98. The Morgan fingerprint density at radius 1 is 0.737 bits per heavy atom. The molecule has 0 bridgehead atoms. The highest BCUT2D eigenvalue weighted by molar-refractivity contribution is 6.20. The molecular weight excluding hydrogens is 287 g/mol. The van der Waals surface area contributed by atoms with Gasteiger partial charge < -0.3 is 14.2 Å². The quantitative estimate of drug-likeness (QED) is 0.391. The van der Waals surface area contributed by atoms with Gasteiger partial charge in [0.15, 0.2) is 12.6 Å². The lowest BCUT2D eigenvalue weighted by atomic mass is 10.2. The van der Waals surface area contributed by atoms with Crippen molar-refractivity contribution in [3.05, 3.63) is 0 Å². The fourth-order valence-corrected chi connectivity index (χ4v) is 2.09. The molecule has 0 saturated heterocycles. The molecule has 0 aromatic rings. The van der Waals surface area contributed by atoms with Crippen LogP contribution in [0.3, 0.4) is 0 Å². The van der Waals surface area contributed by atoms with Crippen LogP contribution in [0.1, 0.15) is 52.4 Å². The Morgan fingerprint density at radius 2 is 1.11 bits per heavy atom. The SMILES string of the molecule is COC(CCCC(C)Cl)OC(CCCC(C)Cl)OC. The molecule has 0 aromatic carbocycles. The molecule has 0 N–H and O–H groups in total. The van der Waals surface area contributed by atoms with Crippen LogP contribution in [0.4, 0.5) is 0 Å². The van der Waals surface area contributed by atoms with Crippen molar-refractivity contribution in [1.29, 1.82) is 0 Å². The molecular formula is C14H28Cl2O3. The van der Waals surface area contributed by atoms with Crippen molar-refractivity contribution >= 4 is 23.2 Å². The van der Waals surface area contributed by atoms with Gasteiger partial charge in [-0.1, -0.05) is 0 Å². The van der Waals surface area contributed by atoms with E-state index in [1.54, 1.807) is 14.2 Å². The van der Waals surface area contributed by atoms with Gasteiger partial charge >= 0.3 is 0 Å². The number of ether oxygens (including phenoxy) is 3. The van der Waals surface area contributed by atoms with E-state index in [4.69, 9.17) is 37.4 Å². The molecule has 5 heteroatoms. The van der Waals surface area contributed by atoms with E-state index < -0.39 is 0 Å². The molecule has 0 fully saturated rings. The van der Waals surface area contributed by atoms with Gasteiger partial charge in [-0.25, -0.2) is 0 Å². The Balaban J connectivity index is 3.88. The van der Waals surface area contributed by atoms with Gasteiger partial charge in [-0.2, -0.15) is 0 Å². The summed E-state index contributed by atoms with van der Waals surface area (Å²) in [4.78, 5) is 0. The van der Waals surface area contributed by atoms with E-state index in [9.17, 15) is 0 Å². The van der Waals surface area contributed by atoms with Crippen LogP contribution in [0, 0.1) is 0 Å². The smallest absolute Gasteiger partial charge is 0.160 e. The van der Waals surface area contributed by atoms with Gasteiger partial charge in [-0.3, -0.25) is 0 Å². The number of alkyl halides is 2. The zero-order chi connectivity index (χ0) is 14.7. The third-order valence-corrected chi connectivity index (χ3v) is 3.35. The largest absolute Gasteiger partial charge is 0.356 e. The summed E-state index contributed by atoms with van der Waals surface area (Å²) in [5.74, 6) is 0. The van der Waals surface area contributed by atoms with E-state index in [-0.39, 0.29) is 23.3 Å². The van der Waals surface area contributed by atoms with Gasteiger partial charge in [-0.15, -0.1) is 23.2 Å². The molecule has 0 aliphatic heterocycles. The zero-order valence-corrected chi connectivity index (χ0v) is 14.0. The third kappa shape index (κ3) is 11.9. The van der Waals surface area contributed by atoms with Crippen LogP contribution in [0.2, 0.25) is 0 Å². The number of methoxy groups -OCH3 is 2. The van der Waals surface area contributed by atoms with Crippen molar-refractivity contribution in [2.24, 2.45) is 0 Å². The van der Waals surface area contributed by atoms with Gasteiger partial charge in [0.2, 0.25) is 0 Å². The molecule has 0 aliphatic rings. The second-order valence-electron chi connectivity index (χ2n) is 4.89. The highest BCUT2D eigenvalue weighted by Crippen LogP contribution is 2.16. The second kappa shape index (κ2) is 12.2. The Morgan fingerprint density at radius 3 is 1.37 bits per heavy atom. The first-order valence-corrected chi connectivity index (χ1v) is 7.86. The fourth-order valence-electron chi connectivity index (χ4n) is 1.78. The first-order chi connectivity index (χ1) is 8.99. The Kier molecular flexibility index (Phi) is 12.5. The summed E-state index contributed by atoms with van der Waals surface area (Å²) in [7, 11) is 3.31. The molecule has 0 aromatic heterocycles. The first kappa shape index (κ1) is 19.5. The maximum atomic E-state index is 5.92. The van der Waals surface area contributed by atoms with Crippen molar-refractivity contribution < 1.29 is 14.2 Å². The van der Waals surface area contributed by atoms with Crippen LogP contribution in [0.25, 0.3) is 0 Å². The average Bonchev–Trinajstić information content (AvgIpc) is 2.34. The summed E-state index contributed by atoms with van der Waals surface area (Å²) in [6, 6.07) is 0. The summed E-state index contributed by atoms with van der Waals surface area (Å²) < 4.78 is 16.4.